The van der Waals surface area contributed by atoms with Crippen molar-refractivity contribution in [2.45, 2.75) is 45.1 Å². The molecular weight excluding hydrogens is 290 g/mol. The van der Waals surface area contributed by atoms with E-state index in [4.69, 9.17) is 0 Å². The third-order valence-corrected chi connectivity index (χ3v) is 4.87. The summed E-state index contributed by atoms with van der Waals surface area (Å²) in [5.74, 6) is 0.352. The fraction of sp³-hybridized carbons (Fsp3) is 0.556. The van der Waals surface area contributed by atoms with Gasteiger partial charge in [-0.05, 0) is 37.9 Å². The van der Waals surface area contributed by atoms with E-state index in [1.165, 1.54) is 0 Å². The number of fused-ring (bicyclic) bond motifs is 1. The quantitative estimate of drug-likeness (QED) is 0.891. The van der Waals surface area contributed by atoms with E-state index in [1.54, 1.807) is 0 Å². The van der Waals surface area contributed by atoms with Gasteiger partial charge in [-0.2, -0.15) is 0 Å². The first-order valence-electron chi connectivity index (χ1n) is 8.62. The number of aromatic nitrogens is 2. The van der Waals surface area contributed by atoms with E-state index in [1.807, 2.05) is 35.8 Å². The Balaban J connectivity index is 1.59. The van der Waals surface area contributed by atoms with Gasteiger partial charge in [0.25, 0.3) is 0 Å². The molecule has 0 aliphatic carbocycles. The van der Waals surface area contributed by atoms with E-state index in [2.05, 4.69) is 9.88 Å². The average molecular weight is 315 g/mol. The zero-order valence-electron chi connectivity index (χ0n) is 13.8. The van der Waals surface area contributed by atoms with Gasteiger partial charge in [0.15, 0.2) is 0 Å². The fourth-order valence-electron chi connectivity index (χ4n) is 3.51. The number of imidazole rings is 1. The maximum Gasteiger partial charge on any atom is 0.326 e. The molecule has 1 aromatic carbocycles. The fourth-order valence-corrected chi connectivity index (χ4v) is 3.51. The molecule has 0 unspecified atom stereocenters. The van der Waals surface area contributed by atoms with Gasteiger partial charge in [-0.1, -0.05) is 19.1 Å². The highest BCUT2D eigenvalue weighted by Crippen LogP contribution is 2.24. The number of para-hydroxylation sites is 2. The van der Waals surface area contributed by atoms with Gasteiger partial charge in [0, 0.05) is 32.0 Å². The molecule has 0 amide bonds. The Morgan fingerprint density at radius 3 is 2.74 bits per heavy atom. The molecule has 23 heavy (non-hydrogen) atoms. The zero-order chi connectivity index (χ0) is 16.2. The van der Waals surface area contributed by atoms with Crippen LogP contribution in [0.5, 0.6) is 0 Å². The van der Waals surface area contributed by atoms with E-state index in [0.29, 0.717) is 18.6 Å². The first-order chi connectivity index (χ1) is 11.2. The molecule has 1 aliphatic rings. The molecule has 2 heterocycles. The van der Waals surface area contributed by atoms with Crippen LogP contribution in [0.15, 0.2) is 29.1 Å². The summed E-state index contributed by atoms with van der Waals surface area (Å²) in [5.41, 5.74) is 1.92. The summed E-state index contributed by atoms with van der Waals surface area (Å²) in [5, 5.41) is 0. The van der Waals surface area contributed by atoms with Crippen LogP contribution in [0.4, 0.5) is 0 Å². The minimum Gasteiger partial charge on any atom is -0.306 e. The number of rotatable bonds is 6. The SMILES string of the molecule is CCC(=O)CCCN1CCC(n2c(=O)[nH]c3ccccc32)CC1. The van der Waals surface area contributed by atoms with Crippen LogP contribution >= 0.6 is 0 Å². The molecule has 5 nitrogen and oxygen atoms in total. The number of ketones is 1. The molecule has 0 spiro atoms. The lowest BCUT2D eigenvalue weighted by atomic mass is 10.0. The number of H-pyrrole nitrogens is 1. The van der Waals surface area contributed by atoms with Gasteiger partial charge < -0.3 is 9.88 Å². The largest absolute Gasteiger partial charge is 0.326 e. The smallest absolute Gasteiger partial charge is 0.306 e. The topological polar surface area (TPSA) is 58.1 Å². The summed E-state index contributed by atoms with van der Waals surface area (Å²) >= 11 is 0. The number of carbonyl (C=O) groups excluding carboxylic acids is 1. The van der Waals surface area contributed by atoms with Crippen LogP contribution < -0.4 is 5.69 Å². The van der Waals surface area contributed by atoms with Gasteiger partial charge >= 0.3 is 5.69 Å². The zero-order valence-corrected chi connectivity index (χ0v) is 13.8. The standard InChI is InChI=1S/C18H25N3O2/c1-2-15(22)6-5-11-20-12-9-14(10-13-20)21-17-8-4-3-7-16(17)19-18(21)23/h3-4,7-8,14H,2,5-6,9-13H2,1H3,(H,19,23). The minimum atomic E-state index is -0.00167. The molecule has 0 saturated carbocycles. The van der Waals surface area contributed by atoms with Gasteiger partial charge in [0.05, 0.1) is 11.0 Å². The van der Waals surface area contributed by atoms with Crippen LogP contribution in [0.3, 0.4) is 0 Å². The van der Waals surface area contributed by atoms with Gasteiger partial charge in [-0.15, -0.1) is 0 Å². The summed E-state index contributed by atoms with van der Waals surface area (Å²) in [6.07, 6.45) is 4.27. The first-order valence-corrected chi connectivity index (χ1v) is 8.62. The Labute approximate surface area is 136 Å². The number of nitrogens with one attached hydrogen (secondary N) is 1. The van der Waals surface area contributed by atoms with Crippen molar-refractivity contribution in [2.75, 3.05) is 19.6 Å². The molecule has 1 aliphatic heterocycles. The molecule has 0 radical (unpaired) electrons. The lowest BCUT2D eigenvalue weighted by Gasteiger charge is -2.32. The molecule has 1 fully saturated rings. The number of hydrogen-bond donors (Lipinski definition) is 1. The van der Waals surface area contributed by atoms with Crippen LogP contribution in [0.2, 0.25) is 0 Å². The van der Waals surface area contributed by atoms with Crippen LogP contribution in [0, 0.1) is 0 Å². The molecule has 0 bridgehead atoms. The Morgan fingerprint density at radius 2 is 2.00 bits per heavy atom. The molecule has 1 saturated heterocycles. The predicted molar refractivity (Wildman–Crippen MR) is 91.8 cm³/mol. The van der Waals surface area contributed by atoms with Gasteiger partial charge in [-0.25, -0.2) is 4.79 Å². The van der Waals surface area contributed by atoms with Crippen LogP contribution in [-0.2, 0) is 4.79 Å². The normalized spacial score (nSPS) is 16.9. The second-order valence-corrected chi connectivity index (χ2v) is 6.39. The van der Waals surface area contributed by atoms with E-state index >= 15 is 0 Å². The molecule has 1 aromatic heterocycles. The predicted octanol–water partition coefficient (Wildman–Crippen LogP) is 2.73. The van der Waals surface area contributed by atoms with E-state index in [9.17, 15) is 9.59 Å². The number of carbonyl (C=O) groups is 1. The average Bonchev–Trinajstić information content (AvgIpc) is 2.91. The second kappa shape index (κ2) is 7.13. The van der Waals surface area contributed by atoms with Gasteiger partial charge in [0.2, 0.25) is 0 Å². The number of hydrogen-bond acceptors (Lipinski definition) is 3. The second-order valence-electron chi connectivity index (χ2n) is 6.39. The van der Waals surface area contributed by atoms with Crippen LogP contribution in [0.25, 0.3) is 11.0 Å². The molecule has 1 N–H and O–H groups in total. The van der Waals surface area contributed by atoms with E-state index < -0.39 is 0 Å². The van der Waals surface area contributed by atoms with Crippen molar-refractivity contribution in [1.82, 2.24) is 14.5 Å². The Morgan fingerprint density at radius 1 is 1.26 bits per heavy atom. The highest BCUT2D eigenvalue weighted by atomic mass is 16.1. The molecule has 0 atom stereocenters. The number of aromatic amines is 1. The van der Waals surface area contributed by atoms with E-state index in [-0.39, 0.29) is 11.7 Å². The maximum absolute atomic E-state index is 12.3. The molecule has 5 heteroatoms. The summed E-state index contributed by atoms with van der Waals surface area (Å²) in [4.78, 5) is 29.0. The highest BCUT2D eigenvalue weighted by Gasteiger charge is 2.23. The van der Waals surface area contributed by atoms with Crippen molar-refractivity contribution in [3.63, 3.8) is 0 Å². The Kier molecular flexibility index (Phi) is 4.96. The monoisotopic (exact) mass is 315 g/mol. The third kappa shape index (κ3) is 3.55. The number of likely N-dealkylation sites (tertiary alicyclic amines) is 1. The van der Waals surface area contributed by atoms with Crippen molar-refractivity contribution >= 4 is 16.8 Å². The number of piperidine rings is 1. The van der Waals surface area contributed by atoms with Gasteiger partial charge in [-0.3, -0.25) is 9.36 Å². The van der Waals surface area contributed by atoms with E-state index in [0.717, 1.165) is 49.9 Å². The Bertz CT molecular complexity index is 723. The third-order valence-electron chi connectivity index (χ3n) is 4.87. The molecule has 2 aromatic rings. The van der Waals surface area contributed by atoms with Crippen LogP contribution in [-0.4, -0.2) is 39.9 Å². The molecule has 124 valence electrons. The Hall–Kier alpha value is -1.88. The van der Waals surface area contributed by atoms with Crippen LogP contribution in [0.1, 0.15) is 45.1 Å². The first kappa shape index (κ1) is 16.0. The summed E-state index contributed by atoms with van der Waals surface area (Å²) in [6, 6.07) is 8.16. The van der Waals surface area contributed by atoms with Crippen molar-refractivity contribution in [2.24, 2.45) is 0 Å². The maximum atomic E-state index is 12.3. The lowest BCUT2D eigenvalue weighted by molar-refractivity contribution is -0.118. The van der Waals surface area contributed by atoms with Crippen molar-refractivity contribution in [1.29, 1.82) is 0 Å². The highest BCUT2D eigenvalue weighted by molar-refractivity contribution is 5.77. The van der Waals surface area contributed by atoms with Crippen molar-refractivity contribution < 1.29 is 4.79 Å². The van der Waals surface area contributed by atoms with Crippen molar-refractivity contribution in [3.05, 3.63) is 34.7 Å². The molecule has 3 rings (SSSR count). The minimum absolute atomic E-state index is 0.00167. The summed E-state index contributed by atoms with van der Waals surface area (Å²) in [7, 11) is 0. The summed E-state index contributed by atoms with van der Waals surface area (Å²) in [6.45, 7) is 4.90. The number of benzene rings is 1. The lowest BCUT2D eigenvalue weighted by Crippen LogP contribution is -2.37. The van der Waals surface area contributed by atoms with Crippen molar-refractivity contribution in [3.8, 4) is 0 Å². The number of Topliss-reactive ketones (excluding diaryl/α,β-unsaturated/α-hetero) is 1. The number of nitrogens with zero attached hydrogens (tertiary/aromatic N) is 2. The van der Waals surface area contributed by atoms with Gasteiger partial charge in [0.1, 0.15) is 5.78 Å². The summed E-state index contributed by atoms with van der Waals surface area (Å²) < 4.78 is 1.92. The molecular formula is C18H25N3O2.